The molecule has 0 radical (unpaired) electrons. The maximum absolute atomic E-state index is 11.0. The number of nitrogens with zero attached hydrogens (tertiary/aromatic N) is 1. The molecule has 0 unspecified atom stereocenters. The van der Waals surface area contributed by atoms with Crippen molar-refractivity contribution >= 4 is 17.0 Å². The van der Waals surface area contributed by atoms with Gasteiger partial charge in [0.2, 0.25) is 0 Å². The highest BCUT2D eigenvalue weighted by molar-refractivity contribution is 5.87. The maximum atomic E-state index is 11.0. The van der Waals surface area contributed by atoms with E-state index in [1.54, 1.807) is 19.2 Å². The molecular formula is C18H18N2O3. The van der Waals surface area contributed by atoms with Gasteiger partial charge in [-0.3, -0.25) is 0 Å². The lowest BCUT2D eigenvalue weighted by molar-refractivity contribution is 0.0696. The third-order valence-electron chi connectivity index (χ3n) is 3.96. The molecule has 0 bridgehead atoms. The highest BCUT2D eigenvalue weighted by Crippen LogP contribution is 2.20. The van der Waals surface area contributed by atoms with Gasteiger partial charge in [-0.1, -0.05) is 6.07 Å². The second-order valence-corrected chi connectivity index (χ2v) is 5.51. The summed E-state index contributed by atoms with van der Waals surface area (Å²) in [5.74, 6) is 0.814. The highest BCUT2D eigenvalue weighted by atomic mass is 16.5. The van der Waals surface area contributed by atoms with Gasteiger partial charge in [0.1, 0.15) is 11.6 Å². The zero-order valence-corrected chi connectivity index (χ0v) is 13.1. The number of hydrogen-bond donors (Lipinski definition) is 2. The number of rotatable bonds is 5. The number of aromatic carboxylic acids is 1. The van der Waals surface area contributed by atoms with E-state index in [2.05, 4.69) is 9.97 Å². The molecule has 0 saturated carbocycles. The number of nitrogens with one attached hydrogen (secondary N) is 1. The smallest absolute Gasteiger partial charge is 0.335 e. The average Bonchev–Trinajstić information content (AvgIpc) is 2.95. The first-order chi connectivity index (χ1) is 11.1. The number of carboxylic acid groups (broad SMARTS) is 1. The van der Waals surface area contributed by atoms with E-state index in [1.807, 2.05) is 31.2 Å². The predicted molar refractivity (Wildman–Crippen MR) is 88.2 cm³/mol. The zero-order valence-electron chi connectivity index (χ0n) is 13.1. The standard InChI is InChI=1S/C18H18N2O3/c1-11-9-13(18(21)22)4-3-12(11)5-8-17-19-15-7-6-14(23-2)10-16(15)20-17/h3-4,6-7,9-10H,5,8H2,1-2H3,(H,19,20)(H,21,22). The molecule has 0 aliphatic heterocycles. The minimum atomic E-state index is -0.897. The number of carbonyl (C=O) groups is 1. The van der Waals surface area contributed by atoms with Gasteiger partial charge in [0.15, 0.2) is 0 Å². The number of H-pyrrole nitrogens is 1. The lowest BCUT2D eigenvalue weighted by atomic mass is 10.0. The fourth-order valence-corrected chi connectivity index (χ4v) is 2.65. The molecule has 0 aliphatic rings. The van der Waals surface area contributed by atoms with Crippen molar-refractivity contribution in [2.45, 2.75) is 19.8 Å². The molecule has 2 aromatic carbocycles. The molecule has 3 aromatic rings. The van der Waals surface area contributed by atoms with Crippen LogP contribution in [0.25, 0.3) is 11.0 Å². The van der Waals surface area contributed by atoms with Crippen LogP contribution in [-0.4, -0.2) is 28.2 Å². The molecule has 118 valence electrons. The van der Waals surface area contributed by atoms with Crippen LogP contribution in [0, 0.1) is 6.92 Å². The van der Waals surface area contributed by atoms with Crippen molar-refractivity contribution in [2.24, 2.45) is 0 Å². The molecule has 0 spiro atoms. The lowest BCUT2D eigenvalue weighted by Crippen LogP contribution is -2.00. The molecule has 1 aromatic heterocycles. The van der Waals surface area contributed by atoms with Gasteiger partial charge in [0, 0.05) is 12.5 Å². The Bertz CT molecular complexity index is 868. The van der Waals surface area contributed by atoms with Crippen LogP contribution >= 0.6 is 0 Å². The SMILES string of the molecule is COc1ccc2nc(CCc3ccc(C(=O)O)cc3C)[nH]c2c1. The van der Waals surface area contributed by atoms with Gasteiger partial charge in [-0.05, 0) is 48.7 Å². The Labute approximate surface area is 133 Å². The molecule has 1 heterocycles. The summed E-state index contributed by atoms with van der Waals surface area (Å²) in [5, 5.41) is 9.01. The van der Waals surface area contributed by atoms with Crippen molar-refractivity contribution in [1.82, 2.24) is 9.97 Å². The molecule has 3 rings (SSSR count). The fourth-order valence-electron chi connectivity index (χ4n) is 2.65. The van der Waals surface area contributed by atoms with E-state index in [0.29, 0.717) is 5.56 Å². The highest BCUT2D eigenvalue weighted by Gasteiger charge is 2.08. The van der Waals surface area contributed by atoms with E-state index in [1.165, 1.54) is 0 Å². The van der Waals surface area contributed by atoms with Crippen molar-refractivity contribution in [1.29, 1.82) is 0 Å². The van der Waals surface area contributed by atoms with Crippen LogP contribution in [0.15, 0.2) is 36.4 Å². The van der Waals surface area contributed by atoms with E-state index in [0.717, 1.165) is 46.6 Å². The summed E-state index contributed by atoms with van der Waals surface area (Å²) < 4.78 is 5.21. The summed E-state index contributed by atoms with van der Waals surface area (Å²) in [6.07, 6.45) is 1.58. The minimum Gasteiger partial charge on any atom is -0.497 e. The first-order valence-corrected chi connectivity index (χ1v) is 7.42. The van der Waals surface area contributed by atoms with Gasteiger partial charge < -0.3 is 14.8 Å². The van der Waals surface area contributed by atoms with Gasteiger partial charge >= 0.3 is 5.97 Å². The van der Waals surface area contributed by atoms with E-state index in [4.69, 9.17) is 9.84 Å². The number of aryl methyl sites for hydroxylation is 3. The molecule has 0 atom stereocenters. The van der Waals surface area contributed by atoms with Gasteiger partial charge in [0.25, 0.3) is 0 Å². The summed E-state index contributed by atoms with van der Waals surface area (Å²) in [5.41, 5.74) is 4.31. The first-order valence-electron chi connectivity index (χ1n) is 7.42. The fraction of sp³-hybridized carbons (Fsp3) is 0.222. The van der Waals surface area contributed by atoms with Crippen LogP contribution in [-0.2, 0) is 12.8 Å². The third-order valence-corrected chi connectivity index (χ3v) is 3.96. The van der Waals surface area contributed by atoms with E-state index in [9.17, 15) is 4.79 Å². The topological polar surface area (TPSA) is 75.2 Å². The summed E-state index contributed by atoms with van der Waals surface area (Å²) in [7, 11) is 1.64. The molecule has 23 heavy (non-hydrogen) atoms. The molecule has 5 nitrogen and oxygen atoms in total. The van der Waals surface area contributed by atoms with E-state index in [-0.39, 0.29) is 0 Å². The van der Waals surface area contributed by atoms with Crippen molar-refractivity contribution in [3.63, 3.8) is 0 Å². The van der Waals surface area contributed by atoms with Crippen LogP contribution in [0.5, 0.6) is 5.75 Å². The van der Waals surface area contributed by atoms with E-state index >= 15 is 0 Å². The number of carboxylic acids is 1. The number of methoxy groups -OCH3 is 1. The van der Waals surface area contributed by atoms with Crippen molar-refractivity contribution in [2.75, 3.05) is 7.11 Å². The average molecular weight is 310 g/mol. The Hall–Kier alpha value is -2.82. The Balaban J connectivity index is 1.76. The van der Waals surface area contributed by atoms with Gasteiger partial charge in [0.05, 0.1) is 23.7 Å². The Kier molecular flexibility index (Phi) is 4.02. The van der Waals surface area contributed by atoms with Crippen LogP contribution in [0.2, 0.25) is 0 Å². The third kappa shape index (κ3) is 3.18. The summed E-state index contributed by atoms with van der Waals surface area (Å²) >= 11 is 0. The maximum Gasteiger partial charge on any atom is 0.335 e. The van der Waals surface area contributed by atoms with E-state index < -0.39 is 5.97 Å². The van der Waals surface area contributed by atoms with Crippen LogP contribution < -0.4 is 4.74 Å². The number of benzene rings is 2. The van der Waals surface area contributed by atoms with Gasteiger partial charge in [-0.15, -0.1) is 0 Å². The van der Waals surface area contributed by atoms with Gasteiger partial charge in [-0.2, -0.15) is 0 Å². The van der Waals surface area contributed by atoms with Gasteiger partial charge in [-0.25, -0.2) is 9.78 Å². The molecule has 0 saturated heterocycles. The number of imidazole rings is 1. The van der Waals surface area contributed by atoms with Crippen LogP contribution in [0.1, 0.15) is 27.3 Å². The van der Waals surface area contributed by atoms with Crippen LogP contribution in [0.3, 0.4) is 0 Å². The molecule has 0 aliphatic carbocycles. The molecule has 0 fully saturated rings. The predicted octanol–water partition coefficient (Wildman–Crippen LogP) is 3.36. The van der Waals surface area contributed by atoms with Crippen molar-refractivity contribution in [3.05, 3.63) is 58.9 Å². The number of aromatic nitrogens is 2. The molecule has 5 heteroatoms. The number of ether oxygens (including phenoxy) is 1. The van der Waals surface area contributed by atoms with Crippen molar-refractivity contribution < 1.29 is 14.6 Å². The number of fused-ring (bicyclic) bond motifs is 1. The lowest BCUT2D eigenvalue weighted by Gasteiger charge is -2.05. The number of aromatic amines is 1. The molecular weight excluding hydrogens is 292 g/mol. The summed E-state index contributed by atoms with van der Waals surface area (Å²) in [6, 6.07) is 11.0. The largest absolute Gasteiger partial charge is 0.497 e. The van der Waals surface area contributed by atoms with Crippen LogP contribution in [0.4, 0.5) is 0 Å². The normalized spacial score (nSPS) is 10.9. The Morgan fingerprint density at radius 3 is 2.74 bits per heavy atom. The van der Waals surface area contributed by atoms with Crippen molar-refractivity contribution in [3.8, 4) is 5.75 Å². The number of hydrogen-bond acceptors (Lipinski definition) is 3. The second-order valence-electron chi connectivity index (χ2n) is 5.51. The first kappa shape index (κ1) is 15.1. The second kappa shape index (κ2) is 6.12. The zero-order chi connectivity index (χ0) is 16.4. The monoisotopic (exact) mass is 310 g/mol. The Morgan fingerprint density at radius 2 is 2.04 bits per heavy atom. The summed E-state index contributed by atoms with van der Waals surface area (Å²) in [4.78, 5) is 18.8. The molecule has 0 amide bonds. The minimum absolute atomic E-state index is 0.321. The summed E-state index contributed by atoms with van der Waals surface area (Å²) in [6.45, 7) is 1.94. The quantitative estimate of drug-likeness (QED) is 0.757. The molecule has 2 N–H and O–H groups in total. The Morgan fingerprint density at radius 1 is 1.22 bits per heavy atom.